The molecule has 4 rings (SSSR count). The molecule has 3 N–H and O–H groups in total. The molecule has 3 aromatic rings. The highest BCUT2D eigenvalue weighted by atomic mass is 127. The molecule has 0 radical (unpaired) electrons. The molecule has 1 aliphatic rings. The molecule has 3 heterocycles. The molecule has 1 unspecified atom stereocenters. The molecule has 0 bridgehead atoms. The minimum Gasteiger partial charge on any atom is -0.388 e. The molecule has 2 aromatic heterocycles. The highest BCUT2D eigenvalue weighted by Gasteiger charge is 2.37. The molecule has 0 aliphatic carbocycles. The van der Waals surface area contributed by atoms with Gasteiger partial charge in [0.25, 0.3) is 0 Å². The first-order valence-corrected chi connectivity index (χ1v) is 9.35. The first kappa shape index (κ1) is 17.9. The van der Waals surface area contributed by atoms with Crippen LogP contribution in [0.3, 0.4) is 0 Å². The van der Waals surface area contributed by atoms with Crippen molar-refractivity contribution < 1.29 is 14.9 Å². The van der Waals surface area contributed by atoms with Crippen LogP contribution in [0.2, 0.25) is 5.28 Å². The van der Waals surface area contributed by atoms with Crippen molar-refractivity contribution >= 4 is 51.2 Å². The van der Waals surface area contributed by atoms with Crippen molar-refractivity contribution in [3.8, 4) is 0 Å². The maximum absolute atomic E-state index is 10.1. The maximum atomic E-state index is 10.1. The minimum atomic E-state index is -1.07. The van der Waals surface area contributed by atoms with Gasteiger partial charge in [-0.3, -0.25) is 4.57 Å². The van der Waals surface area contributed by atoms with Gasteiger partial charge in [-0.1, -0.05) is 12.1 Å². The second-order valence-corrected chi connectivity index (χ2v) is 7.51. The highest BCUT2D eigenvalue weighted by molar-refractivity contribution is 14.1. The van der Waals surface area contributed by atoms with Gasteiger partial charge in [0.05, 0.1) is 12.9 Å². The fourth-order valence-electron chi connectivity index (χ4n) is 2.86. The Morgan fingerprint density at radius 2 is 2.19 bits per heavy atom. The minimum absolute atomic E-state index is 0.0437. The van der Waals surface area contributed by atoms with E-state index in [4.69, 9.17) is 16.3 Å². The number of halogens is 2. The van der Waals surface area contributed by atoms with Crippen LogP contribution in [0.5, 0.6) is 0 Å². The lowest BCUT2D eigenvalue weighted by atomic mass is 10.2. The zero-order valence-electron chi connectivity index (χ0n) is 13.4. The van der Waals surface area contributed by atoms with Crippen LogP contribution >= 0.6 is 34.2 Å². The third kappa shape index (κ3) is 3.37. The number of nitrogens with one attached hydrogen (secondary N) is 1. The van der Waals surface area contributed by atoms with Gasteiger partial charge in [-0.15, -0.1) is 0 Å². The summed E-state index contributed by atoms with van der Waals surface area (Å²) in [6.45, 7) is 0.593. The fraction of sp³-hybridized carbons (Fsp3) is 0.312. The molecule has 1 fully saturated rings. The highest BCUT2D eigenvalue weighted by Crippen LogP contribution is 2.29. The molecule has 0 saturated carbocycles. The third-order valence-corrected chi connectivity index (χ3v) is 4.98. The van der Waals surface area contributed by atoms with E-state index in [1.165, 1.54) is 6.33 Å². The van der Waals surface area contributed by atoms with E-state index in [1.54, 1.807) is 4.57 Å². The van der Waals surface area contributed by atoms with Gasteiger partial charge in [0, 0.05) is 10.1 Å². The Labute approximate surface area is 167 Å². The Kier molecular flexibility index (Phi) is 4.97. The summed E-state index contributed by atoms with van der Waals surface area (Å²) in [7, 11) is 0. The number of aliphatic hydroxyl groups is 2. The molecular formula is C16H15ClIN5O3. The van der Waals surface area contributed by atoms with Gasteiger partial charge >= 0.3 is 0 Å². The van der Waals surface area contributed by atoms with Gasteiger partial charge in [-0.05, 0) is 51.9 Å². The smallest absolute Gasteiger partial charge is 0.226 e. The molecule has 26 heavy (non-hydrogen) atoms. The van der Waals surface area contributed by atoms with Gasteiger partial charge in [0.1, 0.15) is 12.2 Å². The Morgan fingerprint density at radius 1 is 1.35 bits per heavy atom. The van der Waals surface area contributed by atoms with Crippen molar-refractivity contribution in [2.75, 3.05) is 11.9 Å². The first-order valence-electron chi connectivity index (χ1n) is 7.89. The van der Waals surface area contributed by atoms with Gasteiger partial charge in [0.15, 0.2) is 23.2 Å². The molecular weight excluding hydrogens is 473 g/mol. The Bertz CT molecular complexity index is 953. The number of benzene rings is 1. The van der Waals surface area contributed by atoms with Gasteiger partial charge in [-0.2, -0.15) is 9.97 Å². The number of nitrogens with zero attached hydrogens (tertiary/aromatic N) is 4. The summed E-state index contributed by atoms with van der Waals surface area (Å²) in [5.41, 5.74) is 2.03. The number of anilines is 1. The number of imidazole rings is 1. The summed E-state index contributed by atoms with van der Waals surface area (Å²) in [6.07, 6.45) is -1.29. The third-order valence-electron chi connectivity index (χ3n) is 4.14. The second kappa shape index (κ2) is 7.24. The Balaban J connectivity index is 1.66. The average molecular weight is 488 g/mol. The number of hydrogen-bond acceptors (Lipinski definition) is 7. The van der Waals surface area contributed by atoms with Crippen LogP contribution in [0.25, 0.3) is 11.2 Å². The quantitative estimate of drug-likeness (QED) is 0.382. The van der Waals surface area contributed by atoms with Crippen molar-refractivity contribution in [2.45, 2.75) is 25.0 Å². The zero-order chi connectivity index (χ0) is 18.3. The van der Waals surface area contributed by atoms with Crippen LogP contribution in [0.1, 0.15) is 11.8 Å². The topological polar surface area (TPSA) is 105 Å². The summed E-state index contributed by atoms with van der Waals surface area (Å²) in [5, 5.41) is 23.1. The van der Waals surface area contributed by atoms with Crippen molar-refractivity contribution in [3.63, 3.8) is 0 Å². The van der Waals surface area contributed by atoms with Crippen LogP contribution in [-0.2, 0) is 11.3 Å². The van der Waals surface area contributed by atoms with Gasteiger partial charge < -0.3 is 20.3 Å². The van der Waals surface area contributed by atoms with Gasteiger partial charge in [-0.25, -0.2) is 4.98 Å². The van der Waals surface area contributed by atoms with Crippen molar-refractivity contribution in [1.82, 2.24) is 19.5 Å². The maximum Gasteiger partial charge on any atom is 0.226 e. The van der Waals surface area contributed by atoms with E-state index in [1.807, 2.05) is 18.2 Å². The second-order valence-electron chi connectivity index (χ2n) is 5.93. The lowest BCUT2D eigenvalue weighted by Gasteiger charge is -2.16. The van der Waals surface area contributed by atoms with E-state index in [9.17, 15) is 10.2 Å². The number of aliphatic hydroxyl groups excluding tert-OH is 2. The Hall–Kier alpha value is -1.53. The van der Waals surface area contributed by atoms with Crippen molar-refractivity contribution in [1.29, 1.82) is 0 Å². The number of hydrogen-bond donors (Lipinski definition) is 3. The fourth-order valence-corrected chi connectivity index (χ4v) is 3.63. The lowest BCUT2D eigenvalue weighted by Crippen LogP contribution is -2.28. The Morgan fingerprint density at radius 3 is 2.92 bits per heavy atom. The van der Waals surface area contributed by atoms with Crippen molar-refractivity contribution in [3.05, 3.63) is 45.0 Å². The average Bonchev–Trinajstić information content (AvgIpc) is 3.17. The molecule has 136 valence electrons. The van der Waals surface area contributed by atoms with Crippen LogP contribution < -0.4 is 5.32 Å². The van der Waals surface area contributed by atoms with E-state index < -0.39 is 18.4 Å². The van der Waals surface area contributed by atoms with E-state index >= 15 is 0 Å². The van der Waals surface area contributed by atoms with E-state index in [-0.39, 0.29) is 11.9 Å². The van der Waals surface area contributed by atoms with Gasteiger partial charge in [0.2, 0.25) is 5.28 Å². The summed E-state index contributed by atoms with van der Waals surface area (Å²) < 4.78 is 8.15. The lowest BCUT2D eigenvalue weighted by molar-refractivity contribution is -0.0162. The molecule has 1 aromatic carbocycles. The predicted octanol–water partition coefficient (Wildman–Crippen LogP) is 1.95. The summed E-state index contributed by atoms with van der Waals surface area (Å²) in [4.78, 5) is 12.8. The molecule has 1 saturated heterocycles. The van der Waals surface area contributed by atoms with Crippen LogP contribution in [0.4, 0.5) is 5.82 Å². The largest absolute Gasteiger partial charge is 0.388 e. The molecule has 3 atom stereocenters. The van der Waals surface area contributed by atoms with Crippen LogP contribution in [0.15, 0.2) is 30.6 Å². The molecule has 0 amide bonds. The summed E-state index contributed by atoms with van der Waals surface area (Å²) in [6, 6.07) is 8.08. The van der Waals surface area contributed by atoms with E-state index in [2.05, 4.69) is 48.9 Å². The van der Waals surface area contributed by atoms with E-state index in [0.29, 0.717) is 23.5 Å². The monoisotopic (exact) mass is 487 g/mol. The number of aromatic nitrogens is 4. The molecule has 0 spiro atoms. The van der Waals surface area contributed by atoms with Crippen molar-refractivity contribution in [2.24, 2.45) is 0 Å². The number of ether oxygens (including phenoxy) is 1. The molecule has 10 heteroatoms. The summed E-state index contributed by atoms with van der Waals surface area (Å²) in [5.74, 6) is 0.491. The number of fused-ring (bicyclic) bond motifs is 1. The zero-order valence-corrected chi connectivity index (χ0v) is 16.3. The van der Waals surface area contributed by atoms with E-state index in [0.717, 1.165) is 9.13 Å². The normalized spacial score (nSPS) is 22.8. The van der Waals surface area contributed by atoms with Crippen LogP contribution in [0, 0.1) is 3.57 Å². The SMILES string of the molecule is OC1CO[C@@H](n2cnc3c(NCc4cccc(I)c4)nc(Cl)nc32)[C@H]1O. The molecule has 1 aliphatic heterocycles. The summed E-state index contributed by atoms with van der Waals surface area (Å²) >= 11 is 8.33. The standard InChI is InChI=1S/C16H15ClIN5O3/c17-16-21-13(19-5-8-2-1-3-9(18)4-8)11-14(22-16)23(7-20-11)15-12(25)10(24)6-26-15/h1-4,7,10,12,15,24-25H,5-6H2,(H,19,21,22)/t10?,12-,15+/m0/s1. The molecule has 8 nitrogen and oxygen atoms in total. The number of rotatable bonds is 4. The first-order chi connectivity index (χ1) is 12.5. The predicted molar refractivity (Wildman–Crippen MR) is 104 cm³/mol. The van der Waals surface area contributed by atoms with Crippen LogP contribution in [-0.4, -0.2) is 48.5 Å².